The Morgan fingerprint density at radius 3 is 2.56 bits per heavy atom. The summed E-state index contributed by atoms with van der Waals surface area (Å²) in [5, 5.41) is 0.495. The van der Waals surface area contributed by atoms with Gasteiger partial charge in [-0.2, -0.15) is 4.98 Å². The average molecular weight is 608 g/mol. The molecule has 0 bridgehead atoms. The van der Waals surface area contributed by atoms with E-state index >= 15 is 0 Å². The number of pyridine rings is 2. The molecule has 1 saturated heterocycles. The molecule has 0 spiro atoms. The highest BCUT2D eigenvalue weighted by atomic mass is 35.5. The Labute approximate surface area is 252 Å². The number of aryl methyl sites for hydroxylation is 1. The van der Waals surface area contributed by atoms with Crippen molar-refractivity contribution in [2.75, 3.05) is 23.7 Å². The molecule has 0 saturated carbocycles. The number of hydrogen-bond acceptors (Lipinski definition) is 7. The maximum Gasteiger partial charge on any atom is 0.355 e. The van der Waals surface area contributed by atoms with Crippen molar-refractivity contribution in [2.24, 2.45) is 0 Å². The molecule has 1 aliphatic heterocycles. The van der Waals surface area contributed by atoms with E-state index in [2.05, 4.69) is 16.5 Å². The molecule has 2 unspecified atom stereocenters. The molecule has 1 fully saturated rings. The molecule has 1 amide bonds. The second-order valence-electron chi connectivity index (χ2n) is 11.2. The number of aromatic nitrogens is 4. The standard InChI is InChI=1S/C31H32ClF2N7O2/c1-7-24(42)39-13-18(6)40(14-17(39)5)29-21-12-22(32)27(20-10-19(33)11-23(34)25(20)35)37-30(21)41(31(43)38-29)28-16(4)8-9-36-26(28)15(2)3/h7-12,15,17-18H,1,13-14,35H2,2-6H3. The van der Waals surface area contributed by atoms with Gasteiger partial charge < -0.3 is 15.5 Å². The molecule has 2 atom stereocenters. The molecule has 5 rings (SSSR count). The largest absolute Gasteiger partial charge is 0.396 e. The lowest BCUT2D eigenvalue weighted by Crippen LogP contribution is -2.58. The number of rotatable bonds is 5. The molecule has 12 heteroatoms. The lowest BCUT2D eigenvalue weighted by Gasteiger charge is -2.44. The van der Waals surface area contributed by atoms with Crippen molar-refractivity contribution in [3.8, 4) is 16.9 Å². The van der Waals surface area contributed by atoms with E-state index in [9.17, 15) is 18.4 Å². The van der Waals surface area contributed by atoms with Gasteiger partial charge in [0.1, 0.15) is 17.5 Å². The Balaban J connectivity index is 1.85. The number of anilines is 2. The summed E-state index contributed by atoms with van der Waals surface area (Å²) in [5.41, 5.74) is 7.09. The van der Waals surface area contributed by atoms with Gasteiger partial charge in [0.2, 0.25) is 5.91 Å². The van der Waals surface area contributed by atoms with E-state index < -0.39 is 17.3 Å². The van der Waals surface area contributed by atoms with Crippen LogP contribution in [0.5, 0.6) is 0 Å². The van der Waals surface area contributed by atoms with E-state index in [-0.39, 0.29) is 51.5 Å². The Morgan fingerprint density at radius 1 is 1.16 bits per heavy atom. The molecule has 43 heavy (non-hydrogen) atoms. The fourth-order valence-corrected chi connectivity index (χ4v) is 5.88. The van der Waals surface area contributed by atoms with Crippen LogP contribution in [-0.4, -0.2) is 55.5 Å². The third kappa shape index (κ3) is 5.22. The monoisotopic (exact) mass is 607 g/mol. The van der Waals surface area contributed by atoms with Gasteiger partial charge in [0.25, 0.3) is 0 Å². The zero-order valence-electron chi connectivity index (χ0n) is 24.5. The Bertz CT molecular complexity index is 1840. The van der Waals surface area contributed by atoms with E-state index in [0.29, 0.717) is 41.7 Å². The second kappa shape index (κ2) is 11.4. The van der Waals surface area contributed by atoms with Crippen molar-refractivity contribution in [2.45, 2.75) is 52.6 Å². The first-order valence-electron chi connectivity index (χ1n) is 13.9. The van der Waals surface area contributed by atoms with Crippen LogP contribution in [0, 0.1) is 18.6 Å². The summed E-state index contributed by atoms with van der Waals surface area (Å²) in [4.78, 5) is 44.0. The zero-order chi connectivity index (χ0) is 31.3. The lowest BCUT2D eigenvalue weighted by atomic mass is 10.0. The van der Waals surface area contributed by atoms with Crippen LogP contribution in [0.3, 0.4) is 0 Å². The number of fused-ring (bicyclic) bond motifs is 1. The lowest BCUT2D eigenvalue weighted by molar-refractivity contribution is -0.128. The minimum absolute atomic E-state index is 0.00539. The number of halogens is 3. The number of hydrogen-bond donors (Lipinski definition) is 1. The molecule has 1 aromatic carbocycles. The van der Waals surface area contributed by atoms with Gasteiger partial charge in [0, 0.05) is 43.0 Å². The van der Waals surface area contributed by atoms with Crippen LogP contribution >= 0.6 is 11.6 Å². The fraction of sp³-hybridized carbons (Fsp3) is 0.323. The summed E-state index contributed by atoms with van der Waals surface area (Å²) < 4.78 is 30.3. The number of amides is 1. The van der Waals surface area contributed by atoms with Gasteiger partial charge in [-0.1, -0.05) is 32.0 Å². The normalized spacial score (nSPS) is 17.1. The van der Waals surface area contributed by atoms with Crippen molar-refractivity contribution in [1.82, 2.24) is 24.4 Å². The van der Waals surface area contributed by atoms with E-state index in [0.717, 1.165) is 11.6 Å². The first-order valence-corrected chi connectivity index (χ1v) is 14.3. The van der Waals surface area contributed by atoms with Crippen LogP contribution in [0.25, 0.3) is 28.0 Å². The van der Waals surface area contributed by atoms with Gasteiger partial charge in [-0.3, -0.25) is 9.78 Å². The van der Waals surface area contributed by atoms with Crippen LogP contribution in [-0.2, 0) is 4.79 Å². The highest BCUT2D eigenvalue weighted by Crippen LogP contribution is 2.38. The van der Waals surface area contributed by atoms with Crippen molar-refractivity contribution >= 4 is 40.0 Å². The summed E-state index contributed by atoms with van der Waals surface area (Å²) in [6, 6.07) is 4.65. The summed E-state index contributed by atoms with van der Waals surface area (Å²) in [6.07, 6.45) is 2.95. The SMILES string of the molecule is C=CC(=O)N1CC(C)N(c2nc(=O)n(-c3c(C)ccnc3C(C)C)c3nc(-c4cc(F)cc(F)c4N)c(Cl)cc23)CC1C. The van der Waals surface area contributed by atoms with Crippen molar-refractivity contribution in [1.29, 1.82) is 0 Å². The van der Waals surface area contributed by atoms with E-state index in [1.807, 2.05) is 39.5 Å². The van der Waals surface area contributed by atoms with Crippen LogP contribution in [0.4, 0.5) is 20.3 Å². The first-order chi connectivity index (χ1) is 20.3. The van der Waals surface area contributed by atoms with Crippen molar-refractivity contribution in [3.63, 3.8) is 0 Å². The average Bonchev–Trinajstić information content (AvgIpc) is 2.95. The maximum atomic E-state index is 14.5. The van der Waals surface area contributed by atoms with Crippen molar-refractivity contribution < 1.29 is 13.6 Å². The predicted molar refractivity (Wildman–Crippen MR) is 165 cm³/mol. The number of carbonyl (C=O) groups is 1. The fourth-order valence-electron chi connectivity index (χ4n) is 5.63. The molecule has 4 heterocycles. The number of nitrogens with zero attached hydrogens (tertiary/aromatic N) is 6. The topological polar surface area (TPSA) is 110 Å². The molecule has 4 aromatic rings. The van der Waals surface area contributed by atoms with E-state index in [1.54, 1.807) is 23.2 Å². The minimum atomic E-state index is -0.958. The third-order valence-corrected chi connectivity index (χ3v) is 8.08. The number of piperazine rings is 1. The summed E-state index contributed by atoms with van der Waals surface area (Å²) in [5.74, 6) is -1.73. The van der Waals surface area contributed by atoms with Crippen LogP contribution < -0.4 is 16.3 Å². The Hall–Kier alpha value is -4.38. The van der Waals surface area contributed by atoms with Gasteiger partial charge >= 0.3 is 5.69 Å². The summed E-state index contributed by atoms with van der Waals surface area (Å²) in [6.45, 7) is 13.9. The van der Waals surface area contributed by atoms with Gasteiger partial charge in [-0.25, -0.2) is 23.1 Å². The number of nitrogens with two attached hydrogens (primary N) is 1. The minimum Gasteiger partial charge on any atom is -0.396 e. The highest BCUT2D eigenvalue weighted by Gasteiger charge is 2.34. The van der Waals surface area contributed by atoms with E-state index in [4.69, 9.17) is 22.3 Å². The molecule has 0 radical (unpaired) electrons. The maximum absolute atomic E-state index is 14.5. The van der Waals surface area contributed by atoms with Gasteiger partial charge in [-0.15, -0.1) is 0 Å². The smallest absolute Gasteiger partial charge is 0.355 e. The molecule has 9 nitrogen and oxygen atoms in total. The predicted octanol–water partition coefficient (Wildman–Crippen LogP) is 5.40. The van der Waals surface area contributed by atoms with Gasteiger partial charge in [0.05, 0.1) is 33.2 Å². The molecule has 2 N–H and O–H groups in total. The third-order valence-electron chi connectivity index (χ3n) is 7.79. The number of nitrogen functional groups attached to an aromatic ring is 1. The molecule has 224 valence electrons. The molecular formula is C31H32ClF2N7O2. The Morgan fingerprint density at radius 2 is 1.88 bits per heavy atom. The van der Waals surface area contributed by atoms with Crippen LogP contribution in [0.15, 0.2) is 47.9 Å². The first kappa shape index (κ1) is 30.1. The second-order valence-corrected chi connectivity index (χ2v) is 11.6. The summed E-state index contributed by atoms with van der Waals surface area (Å²) >= 11 is 6.75. The molecular weight excluding hydrogens is 576 g/mol. The molecule has 3 aromatic heterocycles. The van der Waals surface area contributed by atoms with Crippen molar-refractivity contribution in [3.05, 3.63) is 81.5 Å². The number of carbonyl (C=O) groups excluding carboxylic acids is 1. The molecule has 0 aliphatic carbocycles. The molecule has 1 aliphatic rings. The van der Waals surface area contributed by atoms with Crippen LogP contribution in [0.1, 0.15) is 44.9 Å². The Kier molecular flexibility index (Phi) is 7.95. The zero-order valence-corrected chi connectivity index (χ0v) is 25.3. The number of benzene rings is 1. The summed E-state index contributed by atoms with van der Waals surface area (Å²) in [7, 11) is 0. The van der Waals surface area contributed by atoms with Crippen LogP contribution in [0.2, 0.25) is 5.02 Å². The van der Waals surface area contributed by atoms with Gasteiger partial charge in [-0.05, 0) is 56.5 Å². The quantitative estimate of drug-likeness (QED) is 0.239. The van der Waals surface area contributed by atoms with E-state index in [1.165, 1.54) is 10.6 Å². The highest BCUT2D eigenvalue weighted by molar-refractivity contribution is 6.34. The van der Waals surface area contributed by atoms with Gasteiger partial charge in [0.15, 0.2) is 5.65 Å².